The molecule has 2 aliphatic heterocycles. The first kappa shape index (κ1) is 19.2. The average Bonchev–Trinajstić information content (AvgIpc) is 2.57. The molecule has 24 heavy (non-hydrogen) atoms. The number of unbranched alkanes of at least 4 members (excludes halogenated alkanes) is 1. The second kappa shape index (κ2) is 10.0. The molecular formula is C19H33NO4. The van der Waals surface area contributed by atoms with Gasteiger partial charge in [0, 0.05) is 12.8 Å². The first-order valence-corrected chi connectivity index (χ1v) is 9.78. The molecule has 5 heteroatoms. The summed E-state index contributed by atoms with van der Waals surface area (Å²) in [6.07, 6.45) is 12.3. The highest BCUT2D eigenvalue weighted by Crippen LogP contribution is 2.34. The molecule has 1 fully saturated rings. The van der Waals surface area contributed by atoms with Gasteiger partial charge in [0.1, 0.15) is 0 Å². The van der Waals surface area contributed by atoms with Gasteiger partial charge in [-0.3, -0.25) is 4.79 Å². The average molecular weight is 339 g/mol. The smallest absolute Gasteiger partial charge is 0.306 e. The largest absolute Gasteiger partial charge is 0.452 e. The van der Waals surface area contributed by atoms with Crippen LogP contribution in [0.3, 0.4) is 0 Å². The summed E-state index contributed by atoms with van der Waals surface area (Å²) in [7, 11) is 0. The van der Waals surface area contributed by atoms with Crippen molar-refractivity contribution < 1.29 is 19.5 Å². The van der Waals surface area contributed by atoms with E-state index >= 15 is 0 Å². The monoisotopic (exact) mass is 339 g/mol. The fraction of sp³-hybridized carbons (Fsp3) is 0.895. The molecule has 0 aromatic heterocycles. The van der Waals surface area contributed by atoms with Crippen molar-refractivity contribution in [2.75, 3.05) is 0 Å². The van der Waals surface area contributed by atoms with E-state index < -0.39 is 11.9 Å². The highest BCUT2D eigenvalue weighted by Gasteiger charge is 2.46. The van der Waals surface area contributed by atoms with Crippen LogP contribution in [0.1, 0.15) is 96.8 Å². The number of hydrogen-bond donors (Lipinski definition) is 1. The number of hydrogen-bond acceptors (Lipinski definition) is 5. The molecule has 2 heterocycles. The van der Waals surface area contributed by atoms with E-state index in [2.05, 4.69) is 12.1 Å². The van der Waals surface area contributed by atoms with Gasteiger partial charge in [-0.15, -0.1) is 0 Å². The topological polar surface area (TPSA) is 68.1 Å². The molecular weight excluding hydrogens is 306 g/mol. The second-order valence-electron chi connectivity index (χ2n) is 7.26. The molecule has 0 aromatic rings. The Bertz CT molecular complexity index is 424. The number of aliphatic hydroxyl groups excluding tert-OH is 1. The van der Waals surface area contributed by atoms with Gasteiger partial charge in [-0.25, -0.2) is 0 Å². The van der Waals surface area contributed by atoms with Gasteiger partial charge in [0.15, 0.2) is 5.60 Å². The maximum absolute atomic E-state index is 12.3. The van der Waals surface area contributed by atoms with Crippen LogP contribution in [0, 0.1) is 0 Å². The Labute approximate surface area is 145 Å². The molecule has 2 atom stereocenters. The molecule has 2 rings (SSSR count). The lowest BCUT2D eigenvalue weighted by molar-refractivity contribution is -0.238. The Balaban J connectivity index is 2.09. The first-order chi connectivity index (χ1) is 11.7. The Hall–Kier alpha value is -1.10. The summed E-state index contributed by atoms with van der Waals surface area (Å²) in [5, 5.41) is 14.4. The van der Waals surface area contributed by atoms with Crippen molar-refractivity contribution in [2.24, 2.45) is 5.16 Å². The maximum Gasteiger partial charge on any atom is 0.306 e. The van der Waals surface area contributed by atoms with Crippen molar-refractivity contribution in [3.8, 4) is 0 Å². The Kier molecular flexibility index (Phi) is 8.03. The molecule has 0 radical (unpaired) electrons. The lowest BCUT2D eigenvalue weighted by Crippen LogP contribution is -2.51. The molecule has 2 bridgehead atoms. The van der Waals surface area contributed by atoms with E-state index in [4.69, 9.17) is 9.57 Å². The van der Waals surface area contributed by atoms with E-state index in [0.29, 0.717) is 19.3 Å². The van der Waals surface area contributed by atoms with Gasteiger partial charge in [-0.1, -0.05) is 57.0 Å². The minimum atomic E-state index is -1.16. The van der Waals surface area contributed by atoms with Crippen molar-refractivity contribution >= 4 is 11.7 Å². The van der Waals surface area contributed by atoms with E-state index in [1.807, 2.05) is 0 Å². The van der Waals surface area contributed by atoms with Crippen LogP contribution in [0.5, 0.6) is 0 Å². The van der Waals surface area contributed by atoms with E-state index in [9.17, 15) is 9.90 Å². The number of carbonyl (C=O) groups excluding carboxylic acids is 1. The molecule has 0 aliphatic carbocycles. The number of oxime groups is 1. The van der Waals surface area contributed by atoms with E-state index in [-0.39, 0.29) is 5.97 Å². The van der Waals surface area contributed by atoms with Gasteiger partial charge in [0.25, 0.3) is 6.29 Å². The highest BCUT2D eigenvalue weighted by molar-refractivity contribution is 5.86. The number of nitrogens with zero attached hydrogens (tertiary/aromatic N) is 1. The second-order valence-corrected chi connectivity index (χ2v) is 7.26. The standard InChI is InChI=1S/C19H33NO4/c1-2-3-14-19-15-16(20-24-18(19)22)12-10-8-6-4-5-7-9-11-13-17(21)23-19/h18,22H,2-15H2,1H3/t18-,19-/m0/s1. The van der Waals surface area contributed by atoms with Crippen LogP contribution in [0.2, 0.25) is 0 Å². The molecule has 0 spiro atoms. The van der Waals surface area contributed by atoms with Gasteiger partial charge in [0.2, 0.25) is 0 Å². The zero-order valence-corrected chi connectivity index (χ0v) is 15.1. The molecule has 138 valence electrons. The molecule has 2 aliphatic rings. The Morgan fingerprint density at radius 3 is 2.38 bits per heavy atom. The molecule has 0 aromatic carbocycles. The molecule has 0 saturated carbocycles. The molecule has 5 nitrogen and oxygen atoms in total. The SMILES string of the molecule is CCCC[C@]12CC(=NO[C@@H]1O)CCCCCCCCCCC(=O)O2. The van der Waals surface area contributed by atoms with E-state index in [1.165, 1.54) is 32.1 Å². The quantitative estimate of drug-likeness (QED) is 0.770. The summed E-state index contributed by atoms with van der Waals surface area (Å²) >= 11 is 0. The van der Waals surface area contributed by atoms with Gasteiger partial charge < -0.3 is 14.7 Å². The summed E-state index contributed by atoms with van der Waals surface area (Å²) in [4.78, 5) is 17.6. The van der Waals surface area contributed by atoms with Gasteiger partial charge in [-0.05, 0) is 32.1 Å². The van der Waals surface area contributed by atoms with Crippen molar-refractivity contribution in [2.45, 2.75) is 109 Å². The lowest BCUT2D eigenvalue weighted by Gasteiger charge is -2.38. The number of carbonyl (C=O) groups is 1. The Morgan fingerprint density at radius 1 is 1.08 bits per heavy atom. The zero-order valence-electron chi connectivity index (χ0n) is 15.1. The highest BCUT2D eigenvalue weighted by atomic mass is 16.7. The van der Waals surface area contributed by atoms with Gasteiger partial charge in [0.05, 0.1) is 5.71 Å². The first-order valence-electron chi connectivity index (χ1n) is 9.78. The minimum Gasteiger partial charge on any atom is -0.452 e. The predicted molar refractivity (Wildman–Crippen MR) is 93.7 cm³/mol. The third kappa shape index (κ3) is 5.76. The third-order valence-electron chi connectivity index (χ3n) is 5.10. The van der Waals surface area contributed by atoms with Crippen LogP contribution in [-0.4, -0.2) is 28.7 Å². The van der Waals surface area contributed by atoms with Gasteiger partial charge >= 0.3 is 5.97 Å². The van der Waals surface area contributed by atoms with Crippen molar-refractivity contribution in [1.82, 2.24) is 0 Å². The van der Waals surface area contributed by atoms with E-state index in [0.717, 1.165) is 44.2 Å². The van der Waals surface area contributed by atoms with Crippen LogP contribution in [0.25, 0.3) is 0 Å². The number of fused-ring (bicyclic) bond motifs is 2. The normalized spacial score (nSPS) is 30.3. The zero-order chi connectivity index (χ0) is 17.3. The summed E-state index contributed by atoms with van der Waals surface area (Å²) < 4.78 is 5.80. The molecule has 0 amide bonds. The van der Waals surface area contributed by atoms with Gasteiger partial charge in [-0.2, -0.15) is 0 Å². The summed E-state index contributed by atoms with van der Waals surface area (Å²) in [5.41, 5.74) is -0.0382. The van der Waals surface area contributed by atoms with Crippen LogP contribution in [0.15, 0.2) is 5.16 Å². The van der Waals surface area contributed by atoms with E-state index in [1.54, 1.807) is 0 Å². The van der Waals surface area contributed by atoms with Crippen LogP contribution >= 0.6 is 0 Å². The summed E-state index contributed by atoms with van der Waals surface area (Å²) in [6, 6.07) is 0. The van der Waals surface area contributed by atoms with Crippen molar-refractivity contribution in [1.29, 1.82) is 0 Å². The maximum atomic E-state index is 12.3. The van der Waals surface area contributed by atoms with Crippen LogP contribution < -0.4 is 0 Å². The van der Waals surface area contributed by atoms with Crippen LogP contribution in [-0.2, 0) is 14.4 Å². The van der Waals surface area contributed by atoms with Crippen molar-refractivity contribution in [3.05, 3.63) is 0 Å². The molecule has 0 unspecified atom stereocenters. The fourth-order valence-corrected chi connectivity index (χ4v) is 3.58. The molecule has 1 saturated heterocycles. The lowest BCUT2D eigenvalue weighted by atomic mass is 9.87. The number of esters is 1. The number of ether oxygens (including phenoxy) is 1. The van der Waals surface area contributed by atoms with Crippen LogP contribution in [0.4, 0.5) is 0 Å². The third-order valence-corrected chi connectivity index (χ3v) is 5.10. The Morgan fingerprint density at radius 2 is 1.71 bits per heavy atom. The minimum absolute atomic E-state index is 0.218. The summed E-state index contributed by atoms with van der Waals surface area (Å²) in [5.74, 6) is -0.218. The molecule has 1 N–H and O–H groups in total. The number of rotatable bonds is 3. The fourth-order valence-electron chi connectivity index (χ4n) is 3.58. The predicted octanol–water partition coefficient (Wildman–Crippen LogP) is 4.47. The van der Waals surface area contributed by atoms with Crippen molar-refractivity contribution in [3.63, 3.8) is 0 Å². The number of aliphatic hydroxyl groups is 1. The summed E-state index contributed by atoms with van der Waals surface area (Å²) in [6.45, 7) is 2.09.